The molecular weight excluding hydrogens is 496 g/mol. The number of H-pyrrole nitrogens is 1. The highest BCUT2D eigenvalue weighted by atomic mass is 35.5. The van der Waals surface area contributed by atoms with E-state index in [4.69, 9.17) is 11.6 Å². The lowest BCUT2D eigenvalue weighted by molar-refractivity contribution is 0.750. The number of nitrogens with one attached hydrogen (secondary N) is 3. The minimum absolute atomic E-state index is 0.0570. The molecule has 38 heavy (non-hydrogen) atoms. The van der Waals surface area contributed by atoms with Crippen LogP contribution < -0.4 is 10.6 Å². The molecule has 186 valence electrons. The quantitative estimate of drug-likeness (QED) is 0.213. The van der Waals surface area contributed by atoms with Crippen molar-refractivity contribution >= 4 is 33.9 Å². The molecule has 5 rings (SSSR count). The fourth-order valence-electron chi connectivity index (χ4n) is 4.35. The third-order valence-electron chi connectivity index (χ3n) is 6.19. The zero-order valence-electron chi connectivity index (χ0n) is 21.4. The first kappa shape index (κ1) is 23.5. The molecule has 0 saturated carbocycles. The molecule has 0 amide bonds. The van der Waals surface area contributed by atoms with Crippen molar-refractivity contribution in [1.82, 2.24) is 20.4 Å². The van der Waals surface area contributed by atoms with E-state index in [2.05, 4.69) is 50.1 Å². The normalized spacial score (nSPS) is 13.5. The SMILES string of the molecule is [2H]C(Nc1cc(Cl)c2ncc(C#N)c(N[C@H](CC)c3ccccc3)c2c1)(c1cccc(C#N)c1)c1cn[nH]n1. The Morgan fingerprint density at radius 3 is 2.53 bits per heavy atom. The van der Waals surface area contributed by atoms with Crippen LogP contribution in [0.2, 0.25) is 5.02 Å². The molecule has 3 aromatic carbocycles. The number of pyridine rings is 1. The summed E-state index contributed by atoms with van der Waals surface area (Å²) in [5, 5.41) is 37.7. The van der Waals surface area contributed by atoms with Crippen LogP contribution in [-0.4, -0.2) is 20.4 Å². The van der Waals surface area contributed by atoms with Gasteiger partial charge in [-0.3, -0.25) is 4.98 Å². The summed E-state index contributed by atoms with van der Waals surface area (Å²) in [5.41, 5.74) is 4.29. The number of aromatic nitrogens is 4. The first-order valence-electron chi connectivity index (χ1n) is 12.5. The number of nitrogens with zero attached hydrogens (tertiary/aromatic N) is 5. The number of benzene rings is 3. The van der Waals surface area contributed by atoms with Crippen LogP contribution in [0.25, 0.3) is 10.9 Å². The lowest BCUT2D eigenvalue weighted by Crippen LogP contribution is -2.14. The topological polar surface area (TPSA) is 126 Å². The predicted molar refractivity (Wildman–Crippen MR) is 148 cm³/mol. The van der Waals surface area contributed by atoms with E-state index in [-0.39, 0.29) is 6.04 Å². The van der Waals surface area contributed by atoms with Gasteiger partial charge in [0.25, 0.3) is 0 Å². The fraction of sp³-hybridized carbons (Fsp3) is 0.138. The van der Waals surface area contributed by atoms with Gasteiger partial charge in [-0.1, -0.05) is 61.0 Å². The van der Waals surface area contributed by atoms with E-state index in [0.717, 1.165) is 12.0 Å². The van der Waals surface area contributed by atoms with Gasteiger partial charge in [0.2, 0.25) is 0 Å². The Balaban J connectivity index is 1.64. The van der Waals surface area contributed by atoms with Crippen LogP contribution in [0, 0.1) is 22.7 Å². The second kappa shape index (κ2) is 11.0. The monoisotopic (exact) mass is 519 g/mol. The van der Waals surface area contributed by atoms with Gasteiger partial charge in [-0.25, -0.2) is 0 Å². The lowest BCUT2D eigenvalue weighted by atomic mass is 10.0. The minimum atomic E-state index is -1.61. The van der Waals surface area contributed by atoms with Crippen molar-refractivity contribution in [2.45, 2.75) is 25.4 Å². The van der Waals surface area contributed by atoms with Gasteiger partial charge in [-0.05, 0) is 41.8 Å². The van der Waals surface area contributed by atoms with Crippen molar-refractivity contribution in [3.63, 3.8) is 0 Å². The molecule has 0 radical (unpaired) electrons. The van der Waals surface area contributed by atoms with Crippen LogP contribution in [0.4, 0.5) is 11.4 Å². The molecule has 0 fully saturated rings. The van der Waals surface area contributed by atoms with Gasteiger partial charge >= 0.3 is 0 Å². The molecule has 0 aliphatic heterocycles. The van der Waals surface area contributed by atoms with Crippen molar-refractivity contribution < 1.29 is 1.37 Å². The second-order valence-corrected chi connectivity index (χ2v) is 8.98. The molecule has 0 aliphatic rings. The predicted octanol–water partition coefficient (Wildman–Crippen LogP) is 6.51. The third kappa shape index (κ3) is 4.99. The van der Waals surface area contributed by atoms with Crippen LogP contribution >= 0.6 is 11.6 Å². The van der Waals surface area contributed by atoms with Crippen LogP contribution in [0.3, 0.4) is 0 Å². The molecule has 3 N–H and O–H groups in total. The maximum absolute atomic E-state index is 9.93. The smallest absolute Gasteiger partial charge is 0.109 e. The van der Waals surface area contributed by atoms with Crippen LogP contribution in [-0.2, 0) is 0 Å². The molecule has 5 aromatic rings. The Kier molecular flexibility index (Phi) is 6.80. The Morgan fingerprint density at radius 2 is 1.82 bits per heavy atom. The zero-order valence-corrected chi connectivity index (χ0v) is 21.2. The number of rotatable bonds is 8. The molecule has 9 heteroatoms. The summed E-state index contributed by atoms with van der Waals surface area (Å²) in [4.78, 5) is 4.45. The Bertz CT molecular complexity index is 1710. The van der Waals surface area contributed by atoms with E-state index in [0.29, 0.717) is 49.7 Å². The van der Waals surface area contributed by atoms with E-state index >= 15 is 0 Å². The van der Waals surface area contributed by atoms with E-state index < -0.39 is 6.02 Å². The van der Waals surface area contributed by atoms with Crippen molar-refractivity contribution in [2.24, 2.45) is 0 Å². The van der Waals surface area contributed by atoms with Gasteiger partial charge in [-0.15, -0.1) is 0 Å². The van der Waals surface area contributed by atoms with Crippen LogP contribution in [0.5, 0.6) is 0 Å². The highest BCUT2D eigenvalue weighted by molar-refractivity contribution is 6.35. The Labute approximate surface area is 226 Å². The number of aromatic amines is 1. The standard InChI is InChI=1S/C29H23ClN8/c1-2-25(19-8-4-3-5-9-19)36-27-21(15-32)16-33-29-23(27)12-22(13-24(29)30)35-28(26-17-34-38-37-26)20-10-6-7-18(11-20)14-31/h3-13,16-17,25,28,35H,2H2,1H3,(H,33,36)(H,34,37,38)/t25-,28?/m1/s1/i28D. The fourth-order valence-corrected chi connectivity index (χ4v) is 4.62. The molecule has 2 atom stereocenters. The average molecular weight is 520 g/mol. The van der Waals surface area contributed by atoms with Gasteiger partial charge < -0.3 is 10.6 Å². The summed E-state index contributed by atoms with van der Waals surface area (Å²) in [6.45, 7) is 2.07. The summed E-state index contributed by atoms with van der Waals surface area (Å²) in [7, 11) is 0. The van der Waals surface area contributed by atoms with E-state index in [1.807, 2.05) is 36.4 Å². The lowest BCUT2D eigenvalue weighted by Gasteiger charge is -2.22. The van der Waals surface area contributed by atoms with Crippen LogP contribution in [0.1, 0.15) is 54.7 Å². The molecular formula is C29H23ClN8. The summed E-state index contributed by atoms with van der Waals surface area (Å²) >= 11 is 6.71. The zero-order chi connectivity index (χ0) is 27.4. The number of halogens is 1. The van der Waals surface area contributed by atoms with Gasteiger partial charge in [0.05, 0.1) is 53.1 Å². The van der Waals surface area contributed by atoms with E-state index in [9.17, 15) is 11.9 Å². The van der Waals surface area contributed by atoms with Crippen molar-refractivity contribution in [3.8, 4) is 12.1 Å². The number of nitriles is 2. The first-order chi connectivity index (χ1) is 19.0. The third-order valence-corrected chi connectivity index (χ3v) is 6.48. The van der Waals surface area contributed by atoms with Gasteiger partial charge in [0.15, 0.2) is 0 Å². The largest absolute Gasteiger partial charge is 0.377 e. The number of anilines is 2. The molecule has 8 nitrogen and oxygen atoms in total. The van der Waals surface area contributed by atoms with Crippen molar-refractivity contribution in [2.75, 3.05) is 10.6 Å². The first-order valence-corrected chi connectivity index (χ1v) is 12.3. The second-order valence-electron chi connectivity index (χ2n) is 8.58. The van der Waals surface area contributed by atoms with Gasteiger partial charge in [0, 0.05) is 17.3 Å². The highest BCUT2D eigenvalue weighted by Gasteiger charge is 2.21. The number of fused-ring (bicyclic) bond motifs is 1. The van der Waals surface area contributed by atoms with E-state index in [1.54, 1.807) is 30.3 Å². The molecule has 2 aromatic heterocycles. The van der Waals surface area contributed by atoms with Gasteiger partial charge in [-0.2, -0.15) is 25.9 Å². The summed E-state index contributed by atoms with van der Waals surface area (Å²) < 4.78 is 9.42. The maximum Gasteiger partial charge on any atom is 0.109 e. The highest BCUT2D eigenvalue weighted by Crippen LogP contribution is 2.37. The molecule has 2 heterocycles. The average Bonchev–Trinajstić information content (AvgIpc) is 3.52. The molecule has 0 aliphatic carbocycles. The Morgan fingerprint density at radius 1 is 1.00 bits per heavy atom. The van der Waals surface area contributed by atoms with Crippen LogP contribution in [0.15, 0.2) is 79.1 Å². The molecule has 1 unspecified atom stereocenters. The summed E-state index contributed by atoms with van der Waals surface area (Å²) in [6.07, 6.45) is 3.75. The summed E-state index contributed by atoms with van der Waals surface area (Å²) in [6, 6.07) is 22.9. The van der Waals surface area contributed by atoms with Crippen molar-refractivity contribution in [3.05, 3.63) is 112 Å². The maximum atomic E-state index is 9.93. The molecule has 0 spiro atoms. The minimum Gasteiger partial charge on any atom is -0.377 e. The number of hydrogen-bond donors (Lipinski definition) is 3. The number of hydrogen-bond acceptors (Lipinski definition) is 7. The van der Waals surface area contributed by atoms with Gasteiger partial charge in [0.1, 0.15) is 11.8 Å². The molecule has 0 bridgehead atoms. The molecule has 0 saturated heterocycles. The van der Waals surface area contributed by atoms with Crippen molar-refractivity contribution in [1.29, 1.82) is 10.5 Å². The van der Waals surface area contributed by atoms with E-state index in [1.165, 1.54) is 12.4 Å². The Hall–Kier alpha value is -4.92. The summed E-state index contributed by atoms with van der Waals surface area (Å²) in [5.74, 6) is 0.